The number of fused-ring (bicyclic) bond motifs is 1. The molecule has 0 aliphatic carbocycles. The molecule has 3 nitrogen and oxygen atoms in total. The van der Waals surface area contributed by atoms with Gasteiger partial charge < -0.3 is 4.57 Å². The minimum Gasteiger partial charge on any atom is -0.342 e. The molecule has 0 saturated heterocycles. The van der Waals surface area contributed by atoms with Gasteiger partial charge in [0.25, 0.3) is 0 Å². The van der Waals surface area contributed by atoms with E-state index in [-0.39, 0.29) is 23.5 Å². The van der Waals surface area contributed by atoms with Gasteiger partial charge in [-0.2, -0.15) is 0 Å². The zero-order valence-electron chi connectivity index (χ0n) is 15.7. The van der Waals surface area contributed by atoms with Crippen molar-refractivity contribution in [2.75, 3.05) is 0 Å². The van der Waals surface area contributed by atoms with E-state index >= 15 is 0 Å². The summed E-state index contributed by atoms with van der Waals surface area (Å²) in [5, 5.41) is 0.384. The molecule has 1 heterocycles. The summed E-state index contributed by atoms with van der Waals surface area (Å²) >= 11 is 0. The molecular formula is C24H17F2NO2. The summed E-state index contributed by atoms with van der Waals surface area (Å²) in [5.74, 6) is -1.33. The second-order valence-corrected chi connectivity index (χ2v) is 6.95. The fraction of sp³-hybridized carbons (Fsp3) is 0.0833. The van der Waals surface area contributed by atoms with Crippen molar-refractivity contribution in [3.05, 3.63) is 117 Å². The van der Waals surface area contributed by atoms with Crippen LogP contribution in [0.3, 0.4) is 0 Å². The Morgan fingerprint density at radius 1 is 0.966 bits per heavy atom. The molecule has 0 amide bonds. The molecule has 0 saturated carbocycles. The van der Waals surface area contributed by atoms with E-state index in [0.717, 1.165) is 5.56 Å². The van der Waals surface area contributed by atoms with E-state index in [4.69, 9.17) is 0 Å². The molecule has 0 spiro atoms. The lowest BCUT2D eigenvalue weighted by atomic mass is 10.0. The summed E-state index contributed by atoms with van der Waals surface area (Å²) < 4.78 is 29.1. The summed E-state index contributed by atoms with van der Waals surface area (Å²) in [4.78, 5) is 26.0. The first-order valence-corrected chi connectivity index (χ1v) is 9.11. The Balaban J connectivity index is 1.92. The van der Waals surface area contributed by atoms with E-state index in [9.17, 15) is 18.4 Å². The number of benzene rings is 3. The predicted octanol–water partition coefficient (Wildman–Crippen LogP) is 4.87. The quantitative estimate of drug-likeness (QED) is 0.467. The third kappa shape index (κ3) is 3.59. The molecule has 144 valence electrons. The average Bonchev–Trinajstić information content (AvgIpc) is 2.72. The lowest BCUT2D eigenvalue weighted by Gasteiger charge is -2.14. The second kappa shape index (κ2) is 7.43. The number of aryl methyl sites for hydroxylation is 1. The predicted molar refractivity (Wildman–Crippen MR) is 108 cm³/mol. The van der Waals surface area contributed by atoms with Crippen LogP contribution in [0.2, 0.25) is 0 Å². The molecule has 0 N–H and O–H groups in total. The fourth-order valence-electron chi connectivity index (χ4n) is 3.37. The van der Waals surface area contributed by atoms with E-state index in [0.29, 0.717) is 16.5 Å². The first-order valence-electron chi connectivity index (χ1n) is 9.11. The van der Waals surface area contributed by atoms with Gasteiger partial charge in [-0.1, -0.05) is 29.8 Å². The number of ketones is 1. The van der Waals surface area contributed by atoms with Crippen molar-refractivity contribution in [3.8, 4) is 0 Å². The molecule has 0 aliphatic heterocycles. The van der Waals surface area contributed by atoms with E-state index in [1.54, 1.807) is 34.9 Å². The molecule has 3 aromatic carbocycles. The van der Waals surface area contributed by atoms with E-state index in [2.05, 4.69) is 0 Å². The number of carbonyl (C=O) groups excluding carboxylic acids is 1. The lowest BCUT2D eigenvalue weighted by Crippen LogP contribution is -2.20. The van der Waals surface area contributed by atoms with Gasteiger partial charge in [-0.3, -0.25) is 9.59 Å². The highest BCUT2D eigenvalue weighted by atomic mass is 19.1. The highest BCUT2D eigenvalue weighted by Gasteiger charge is 2.18. The van der Waals surface area contributed by atoms with Crippen LogP contribution in [-0.2, 0) is 6.54 Å². The standard InChI is InChI=1S/C24H17F2NO2/c1-15-6-11-22-19(12-15)24(29)20(23(28)16-7-9-18(25)10-8-16)14-27(22)13-17-4-2-3-5-21(17)26/h2-12,14H,13H2,1H3. The minimum absolute atomic E-state index is 0.0361. The number of rotatable bonds is 4. The molecule has 0 aliphatic rings. The van der Waals surface area contributed by atoms with E-state index in [1.165, 1.54) is 36.5 Å². The summed E-state index contributed by atoms with van der Waals surface area (Å²) in [5.41, 5.74) is 1.71. The van der Waals surface area contributed by atoms with Crippen molar-refractivity contribution in [2.24, 2.45) is 0 Å². The summed E-state index contributed by atoms with van der Waals surface area (Å²) in [6.07, 6.45) is 1.46. The van der Waals surface area contributed by atoms with Gasteiger partial charge in [-0.15, -0.1) is 0 Å². The van der Waals surface area contributed by atoms with Crippen molar-refractivity contribution in [1.82, 2.24) is 4.57 Å². The van der Waals surface area contributed by atoms with Crippen LogP contribution in [0, 0.1) is 18.6 Å². The van der Waals surface area contributed by atoms with Gasteiger partial charge in [0.05, 0.1) is 17.6 Å². The Hall–Kier alpha value is -3.60. The zero-order valence-corrected chi connectivity index (χ0v) is 15.7. The van der Waals surface area contributed by atoms with Crippen molar-refractivity contribution < 1.29 is 13.6 Å². The van der Waals surface area contributed by atoms with Crippen molar-refractivity contribution in [3.63, 3.8) is 0 Å². The SMILES string of the molecule is Cc1ccc2c(c1)c(=O)c(C(=O)c1ccc(F)cc1)cn2Cc1ccccc1F. The number of aromatic nitrogens is 1. The zero-order chi connectivity index (χ0) is 20.5. The Morgan fingerprint density at radius 2 is 1.69 bits per heavy atom. The van der Waals surface area contributed by atoms with Crippen LogP contribution in [0.1, 0.15) is 27.0 Å². The molecule has 4 rings (SSSR count). The molecule has 5 heteroatoms. The van der Waals surface area contributed by atoms with Crippen molar-refractivity contribution in [2.45, 2.75) is 13.5 Å². The van der Waals surface area contributed by atoms with Gasteiger partial charge in [0.2, 0.25) is 5.43 Å². The number of nitrogens with zero attached hydrogens (tertiary/aromatic N) is 1. The highest BCUT2D eigenvalue weighted by molar-refractivity contribution is 6.10. The number of halogens is 2. The van der Waals surface area contributed by atoms with Crippen LogP contribution in [0.5, 0.6) is 0 Å². The lowest BCUT2D eigenvalue weighted by molar-refractivity contribution is 0.103. The smallest absolute Gasteiger partial charge is 0.200 e. The van der Waals surface area contributed by atoms with Crippen molar-refractivity contribution in [1.29, 1.82) is 0 Å². The van der Waals surface area contributed by atoms with Crippen LogP contribution in [0.4, 0.5) is 8.78 Å². The maximum atomic E-state index is 14.2. The van der Waals surface area contributed by atoms with Gasteiger partial charge >= 0.3 is 0 Å². The van der Waals surface area contributed by atoms with Gasteiger partial charge in [-0.05, 0) is 49.4 Å². The maximum Gasteiger partial charge on any atom is 0.200 e. The number of carbonyl (C=O) groups is 1. The number of hydrogen-bond acceptors (Lipinski definition) is 2. The molecule has 0 bridgehead atoms. The highest BCUT2D eigenvalue weighted by Crippen LogP contribution is 2.19. The average molecular weight is 389 g/mol. The third-order valence-electron chi connectivity index (χ3n) is 4.89. The summed E-state index contributed by atoms with van der Waals surface area (Å²) in [6, 6.07) is 16.8. The maximum absolute atomic E-state index is 14.2. The Labute approximate surface area is 165 Å². The van der Waals surface area contributed by atoms with Gasteiger partial charge in [0.15, 0.2) is 5.78 Å². The Morgan fingerprint density at radius 3 is 2.41 bits per heavy atom. The molecule has 1 aromatic heterocycles. The third-order valence-corrected chi connectivity index (χ3v) is 4.89. The minimum atomic E-state index is -0.499. The van der Waals surface area contributed by atoms with Crippen LogP contribution < -0.4 is 5.43 Å². The molecule has 4 aromatic rings. The molecule has 0 unspecified atom stereocenters. The Kier molecular flexibility index (Phi) is 4.80. The van der Waals surface area contributed by atoms with Crippen LogP contribution in [-0.4, -0.2) is 10.4 Å². The van der Waals surface area contributed by atoms with Gasteiger partial charge in [0.1, 0.15) is 11.6 Å². The number of hydrogen-bond donors (Lipinski definition) is 0. The van der Waals surface area contributed by atoms with Crippen LogP contribution >= 0.6 is 0 Å². The first kappa shape index (κ1) is 18.7. The van der Waals surface area contributed by atoms with Gasteiger partial charge in [-0.25, -0.2) is 8.78 Å². The van der Waals surface area contributed by atoms with Crippen LogP contribution in [0.25, 0.3) is 10.9 Å². The Bertz CT molecular complexity index is 1290. The monoisotopic (exact) mass is 389 g/mol. The summed E-state index contributed by atoms with van der Waals surface area (Å²) in [7, 11) is 0. The van der Waals surface area contributed by atoms with E-state index in [1.807, 2.05) is 13.0 Å². The first-order chi connectivity index (χ1) is 13.9. The summed E-state index contributed by atoms with van der Waals surface area (Å²) in [6.45, 7) is 2.02. The van der Waals surface area contributed by atoms with Crippen LogP contribution in [0.15, 0.2) is 77.7 Å². The molecule has 0 fully saturated rings. The van der Waals surface area contributed by atoms with Crippen molar-refractivity contribution >= 4 is 16.7 Å². The molecule has 0 atom stereocenters. The molecule has 0 radical (unpaired) electrons. The van der Waals surface area contributed by atoms with E-state index < -0.39 is 17.0 Å². The second-order valence-electron chi connectivity index (χ2n) is 6.95. The fourth-order valence-corrected chi connectivity index (χ4v) is 3.37. The topological polar surface area (TPSA) is 39.1 Å². The molecular weight excluding hydrogens is 372 g/mol. The van der Waals surface area contributed by atoms with Gasteiger partial charge in [0, 0.05) is 22.7 Å². The normalized spacial score (nSPS) is 11.0. The largest absolute Gasteiger partial charge is 0.342 e. The number of pyridine rings is 1. The molecule has 29 heavy (non-hydrogen) atoms.